The number of rotatable bonds is 7. The van der Waals surface area contributed by atoms with Crippen molar-refractivity contribution in [1.82, 2.24) is 0 Å². The number of ether oxygens (including phenoxy) is 3. The van der Waals surface area contributed by atoms with Crippen molar-refractivity contribution in [1.29, 1.82) is 5.41 Å². The normalized spacial score (nSPS) is 9.88. The lowest BCUT2D eigenvalue weighted by Crippen LogP contribution is -2.03. The highest BCUT2D eigenvalue weighted by atomic mass is 16.5. The minimum atomic E-state index is 0.575. The Morgan fingerprint density at radius 3 is 2.62 bits per heavy atom. The quantitative estimate of drug-likeness (QED) is 0.569. The molecule has 1 aromatic carbocycles. The highest BCUT2D eigenvalue weighted by Crippen LogP contribution is 2.27. The molecule has 0 saturated heterocycles. The van der Waals surface area contributed by atoms with Crippen molar-refractivity contribution >= 4 is 6.21 Å². The van der Waals surface area contributed by atoms with Gasteiger partial charge in [-0.3, -0.25) is 0 Å². The Kier molecular flexibility index (Phi) is 5.36. The zero-order valence-corrected chi connectivity index (χ0v) is 9.66. The average molecular weight is 223 g/mol. The van der Waals surface area contributed by atoms with Gasteiger partial charge in [-0.25, -0.2) is 0 Å². The Bertz CT molecular complexity index is 339. The Balaban J connectivity index is 2.64. The van der Waals surface area contributed by atoms with Crippen LogP contribution in [0.15, 0.2) is 18.2 Å². The predicted octanol–water partition coefficient (Wildman–Crippen LogP) is 2.11. The summed E-state index contributed by atoms with van der Waals surface area (Å²) in [5.41, 5.74) is 0.794. The fourth-order valence-corrected chi connectivity index (χ4v) is 1.28. The molecule has 0 bridgehead atoms. The Hall–Kier alpha value is -1.55. The van der Waals surface area contributed by atoms with Gasteiger partial charge >= 0.3 is 0 Å². The van der Waals surface area contributed by atoms with Gasteiger partial charge < -0.3 is 19.6 Å². The summed E-state index contributed by atoms with van der Waals surface area (Å²) >= 11 is 0. The summed E-state index contributed by atoms with van der Waals surface area (Å²) < 4.78 is 15.7. The third-order valence-electron chi connectivity index (χ3n) is 2.10. The van der Waals surface area contributed by atoms with Crippen LogP contribution in [0.1, 0.15) is 12.0 Å². The van der Waals surface area contributed by atoms with E-state index in [0.717, 1.165) is 12.0 Å². The molecule has 0 unspecified atom stereocenters. The zero-order chi connectivity index (χ0) is 11.8. The lowest BCUT2D eigenvalue weighted by Gasteiger charge is -2.10. The SMILES string of the molecule is COCCCOc1cc(C=N)ccc1OC. The number of benzene rings is 1. The molecular weight excluding hydrogens is 206 g/mol. The molecule has 0 aliphatic rings. The lowest BCUT2D eigenvalue weighted by atomic mass is 10.2. The smallest absolute Gasteiger partial charge is 0.161 e. The molecule has 0 amide bonds. The maximum absolute atomic E-state index is 7.17. The molecule has 0 fully saturated rings. The monoisotopic (exact) mass is 223 g/mol. The predicted molar refractivity (Wildman–Crippen MR) is 62.9 cm³/mol. The highest BCUT2D eigenvalue weighted by Gasteiger charge is 2.04. The van der Waals surface area contributed by atoms with Gasteiger partial charge in [0.05, 0.1) is 13.7 Å². The molecule has 16 heavy (non-hydrogen) atoms. The van der Waals surface area contributed by atoms with Crippen LogP contribution in [-0.2, 0) is 4.74 Å². The summed E-state index contributed by atoms with van der Waals surface area (Å²) in [6, 6.07) is 5.40. The second-order valence-corrected chi connectivity index (χ2v) is 3.25. The van der Waals surface area contributed by atoms with E-state index in [4.69, 9.17) is 19.6 Å². The summed E-state index contributed by atoms with van der Waals surface area (Å²) in [6.45, 7) is 1.25. The number of methoxy groups -OCH3 is 2. The lowest BCUT2D eigenvalue weighted by molar-refractivity contribution is 0.170. The number of hydrogen-bond acceptors (Lipinski definition) is 4. The van der Waals surface area contributed by atoms with Gasteiger partial charge in [0.25, 0.3) is 0 Å². The minimum absolute atomic E-state index is 0.575. The summed E-state index contributed by atoms with van der Waals surface area (Å²) in [7, 11) is 3.26. The van der Waals surface area contributed by atoms with Crippen molar-refractivity contribution in [3.05, 3.63) is 23.8 Å². The van der Waals surface area contributed by atoms with Crippen molar-refractivity contribution in [2.75, 3.05) is 27.4 Å². The van der Waals surface area contributed by atoms with Crippen molar-refractivity contribution < 1.29 is 14.2 Å². The number of nitrogens with one attached hydrogen (secondary N) is 1. The third kappa shape index (κ3) is 3.55. The first-order valence-corrected chi connectivity index (χ1v) is 5.12. The van der Waals surface area contributed by atoms with Crippen LogP contribution < -0.4 is 9.47 Å². The van der Waals surface area contributed by atoms with E-state index >= 15 is 0 Å². The fraction of sp³-hybridized carbons (Fsp3) is 0.417. The first-order valence-electron chi connectivity index (χ1n) is 5.12. The molecule has 1 rings (SSSR count). The van der Waals surface area contributed by atoms with Crippen LogP contribution in [0, 0.1) is 5.41 Å². The molecule has 4 heteroatoms. The van der Waals surface area contributed by atoms with E-state index in [1.54, 1.807) is 26.4 Å². The Labute approximate surface area is 95.6 Å². The van der Waals surface area contributed by atoms with E-state index in [0.29, 0.717) is 24.7 Å². The van der Waals surface area contributed by atoms with Crippen LogP contribution in [0.3, 0.4) is 0 Å². The van der Waals surface area contributed by atoms with E-state index in [1.807, 2.05) is 6.07 Å². The minimum Gasteiger partial charge on any atom is -0.493 e. The van der Waals surface area contributed by atoms with Gasteiger partial charge in [-0.15, -0.1) is 0 Å². The summed E-state index contributed by atoms with van der Waals surface area (Å²) in [5, 5.41) is 7.17. The molecule has 4 nitrogen and oxygen atoms in total. The largest absolute Gasteiger partial charge is 0.493 e. The summed E-state index contributed by atoms with van der Waals surface area (Å²) in [4.78, 5) is 0. The molecule has 0 aliphatic heterocycles. The van der Waals surface area contributed by atoms with Crippen molar-refractivity contribution in [3.63, 3.8) is 0 Å². The van der Waals surface area contributed by atoms with E-state index in [2.05, 4.69) is 0 Å². The van der Waals surface area contributed by atoms with Crippen molar-refractivity contribution in [3.8, 4) is 11.5 Å². The average Bonchev–Trinajstić information content (AvgIpc) is 2.34. The molecule has 0 spiro atoms. The summed E-state index contributed by atoms with van der Waals surface area (Å²) in [6.07, 6.45) is 2.11. The van der Waals surface area contributed by atoms with Crippen LogP contribution >= 0.6 is 0 Å². The molecule has 88 valence electrons. The van der Waals surface area contributed by atoms with Crippen LogP contribution in [0.4, 0.5) is 0 Å². The molecule has 0 aliphatic carbocycles. The molecule has 0 aromatic heterocycles. The van der Waals surface area contributed by atoms with Crippen LogP contribution in [0.2, 0.25) is 0 Å². The molecule has 0 atom stereocenters. The molecule has 1 N–H and O–H groups in total. The van der Waals surface area contributed by atoms with Gasteiger partial charge in [0.1, 0.15) is 0 Å². The Morgan fingerprint density at radius 2 is 2.00 bits per heavy atom. The van der Waals surface area contributed by atoms with Gasteiger partial charge in [-0.2, -0.15) is 0 Å². The number of hydrogen-bond donors (Lipinski definition) is 1. The molecule has 0 heterocycles. The molecule has 0 saturated carbocycles. The van der Waals surface area contributed by atoms with E-state index in [9.17, 15) is 0 Å². The molecule has 1 aromatic rings. The topological polar surface area (TPSA) is 51.5 Å². The maximum Gasteiger partial charge on any atom is 0.161 e. The van der Waals surface area contributed by atoms with Gasteiger partial charge in [0, 0.05) is 26.4 Å². The maximum atomic E-state index is 7.17. The fourth-order valence-electron chi connectivity index (χ4n) is 1.28. The van der Waals surface area contributed by atoms with Gasteiger partial charge in [-0.1, -0.05) is 0 Å². The molecular formula is C12H17NO3. The second-order valence-electron chi connectivity index (χ2n) is 3.25. The van der Waals surface area contributed by atoms with Crippen LogP contribution in [0.5, 0.6) is 11.5 Å². The first kappa shape index (κ1) is 12.5. The summed E-state index contributed by atoms with van der Waals surface area (Å²) in [5.74, 6) is 1.35. The van der Waals surface area contributed by atoms with Crippen LogP contribution in [-0.4, -0.2) is 33.6 Å². The van der Waals surface area contributed by atoms with Gasteiger partial charge in [0.15, 0.2) is 11.5 Å². The van der Waals surface area contributed by atoms with Crippen molar-refractivity contribution in [2.45, 2.75) is 6.42 Å². The van der Waals surface area contributed by atoms with Gasteiger partial charge in [0.2, 0.25) is 0 Å². The third-order valence-corrected chi connectivity index (χ3v) is 2.10. The van der Waals surface area contributed by atoms with E-state index < -0.39 is 0 Å². The molecule has 0 radical (unpaired) electrons. The first-order chi connectivity index (χ1) is 7.81. The van der Waals surface area contributed by atoms with E-state index in [-0.39, 0.29) is 0 Å². The van der Waals surface area contributed by atoms with Crippen LogP contribution in [0.25, 0.3) is 0 Å². The highest BCUT2D eigenvalue weighted by molar-refractivity contribution is 5.78. The second kappa shape index (κ2) is 6.85. The Morgan fingerprint density at radius 1 is 1.19 bits per heavy atom. The zero-order valence-electron chi connectivity index (χ0n) is 9.66. The van der Waals surface area contributed by atoms with E-state index in [1.165, 1.54) is 6.21 Å². The van der Waals surface area contributed by atoms with Crippen molar-refractivity contribution in [2.24, 2.45) is 0 Å². The van der Waals surface area contributed by atoms with Gasteiger partial charge in [-0.05, 0) is 23.8 Å². The standard InChI is InChI=1S/C12H17NO3/c1-14-6-3-7-16-12-8-10(9-13)4-5-11(12)15-2/h4-5,8-9,13H,3,6-7H2,1-2H3.